The molecule has 0 aromatic carbocycles. The molecule has 2 heterocycles. The smallest absolute Gasteiger partial charge is 0.224 e. The third-order valence-corrected chi connectivity index (χ3v) is 3.40. The van der Waals surface area contributed by atoms with Gasteiger partial charge in [-0.25, -0.2) is 4.98 Å². The van der Waals surface area contributed by atoms with Gasteiger partial charge < -0.3 is 10.6 Å². The lowest BCUT2D eigenvalue weighted by molar-refractivity contribution is 0.860. The van der Waals surface area contributed by atoms with Gasteiger partial charge in [0, 0.05) is 25.1 Å². The highest BCUT2D eigenvalue weighted by molar-refractivity contribution is 9.10. The van der Waals surface area contributed by atoms with Crippen LogP contribution in [0.15, 0.2) is 35.2 Å². The summed E-state index contributed by atoms with van der Waals surface area (Å²) in [5.74, 6) is 1.41. The van der Waals surface area contributed by atoms with Gasteiger partial charge in [-0.1, -0.05) is 13.0 Å². The molecule has 106 valence electrons. The Hall–Kier alpha value is -1.69. The van der Waals surface area contributed by atoms with Crippen LogP contribution in [-0.4, -0.2) is 21.5 Å². The van der Waals surface area contributed by atoms with Crippen LogP contribution in [0.2, 0.25) is 0 Å². The molecule has 0 fully saturated rings. The minimum absolute atomic E-state index is 0.119. The van der Waals surface area contributed by atoms with Crippen molar-refractivity contribution in [1.29, 1.82) is 0 Å². The minimum Gasteiger partial charge on any atom is -0.362 e. The van der Waals surface area contributed by atoms with Gasteiger partial charge in [-0.3, -0.25) is 4.98 Å². The first kappa shape index (κ1) is 14.7. The lowest BCUT2D eigenvalue weighted by atomic mass is 10.1. The van der Waals surface area contributed by atoms with Crippen molar-refractivity contribution < 1.29 is 0 Å². The van der Waals surface area contributed by atoms with Crippen molar-refractivity contribution in [1.82, 2.24) is 15.0 Å². The molecule has 0 aliphatic heterocycles. The number of anilines is 2. The Kier molecular flexibility index (Phi) is 5.29. The zero-order valence-corrected chi connectivity index (χ0v) is 13.2. The number of halogens is 1. The van der Waals surface area contributed by atoms with Crippen molar-refractivity contribution in [3.63, 3.8) is 0 Å². The molecule has 0 saturated carbocycles. The second-order valence-corrected chi connectivity index (χ2v) is 5.32. The molecule has 0 aliphatic rings. The Morgan fingerprint density at radius 3 is 2.90 bits per heavy atom. The van der Waals surface area contributed by atoms with Crippen LogP contribution in [-0.2, 0) is 0 Å². The number of rotatable bonds is 6. The van der Waals surface area contributed by atoms with Gasteiger partial charge in [0.25, 0.3) is 0 Å². The monoisotopic (exact) mass is 335 g/mol. The summed E-state index contributed by atoms with van der Waals surface area (Å²) in [6.45, 7) is 5.04. The topological polar surface area (TPSA) is 62.7 Å². The van der Waals surface area contributed by atoms with Gasteiger partial charge in [0.2, 0.25) is 5.95 Å². The summed E-state index contributed by atoms with van der Waals surface area (Å²) in [5.41, 5.74) is 1.11. The maximum absolute atomic E-state index is 4.47. The van der Waals surface area contributed by atoms with E-state index in [9.17, 15) is 0 Å². The molecule has 0 radical (unpaired) electrons. The van der Waals surface area contributed by atoms with Gasteiger partial charge in [0.05, 0.1) is 10.5 Å². The number of nitrogens with one attached hydrogen (secondary N) is 2. The van der Waals surface area contributed by atoms with Crippen LogP contribution < -0.4 is 10.6 Å². The maximum atomic E-state index is 4.47. The molecule has 1 unspecified atom stereocenters. The predicted molar refractivity (Wildman–Crippen MR) is 84.8 cm³/mol. The molecule has 5 nitrogen and oxygen atoms in total. The molecule has 0 amide bonds. The van der Waals surface area contributed by atoms with Crippen molar-refractivity contribution in [2.24, 2.45) is 0 Å². The molecule has 0 aliphatic carbocycles. The fraction of sp³-hybridized carbons (Fsp3) is 0.357. The molecule has 2 rings (SSSR count). The molecule has 0 spiro atoms. The molecule has 0 bridgehead atoms. The molecule has 0 saturated heterocycles. The highest BCUT2D eigenvalue weighted by atomic mass is 79.9. The van der Waals surface area contributed by atoms with Gasteiger partial charge in [-0.05, 0) is 40.9 Å². The number of hydrogen-bond donors (Lipinski definition) is 2. The Bertz CT molecular complexity index is 547. The standard InChI is InChI=1S/C14H18BrN5/c1-3-6-17-14-18-9-12(15)13(20-14)19-10(2)11-5-4-7-16-8-11/h4-5,7-10H,3,6H2,1-2H3,(H2,17,18,19,20). The number of aromatic nitrogens is 3. The fourth-order valence-electron chi connectivity index (χ4n) is 1.71. The first-order chi connectivity index (χ1) is 9.70. The third kappa shape index (κ3) is 3.90. The van der Waals surface area contributed by atoms with Crippen molar-refractivity contribution in [3.05, 3.63) is 40.8 Å². The second kappa shape index (κ2) is 7.19. The Labute approximate surface area is 127 Å². The van der Waals surface area contributed by atoms with E-state index in [1.807, 2.05) is 18.3 Å². The van der Waals surface area contributed by atoms with Crippen molar-refractivity contribution in [3.8, 4) is 0 Å². The van der Waals surface area contributed by atoms with Crippen LogP contribution in [0, 0.1) is 0 Å². The molecule has 20 heavy (non-hydrogen) atoms. The Morgan fingerprint density at radius 2 is 2.20 bits per heavy atom. The third-order valence-electron chi connectivity index (χ3n) is 2.81. The second-order valence-electron chi connectivity index (χ2n) is 4.47. The van der Waals surface area contributed by atoms with Crippen molar-refractivity contribution in [2.75, 3.05) is 17.2 Å². The largest absolute Gasteiger partial charge is 0.362 e. The average Bonchev–Trinajstić information content (AvgIpc) is 2.49. The molecule has 2 aromatic heterocycles. The SMILES string of the molecule is CCCNc1ncc(Br)c(NC(C)c2cccnc2)n1. The van der Waals surface area contributed by atoms with Gasteiger partial charge in [-0.2, -0.15) is 4.98 Å². The fourth-order valence-corrected chi connectivity index (χ4v) is 2.02. The summed E-state index contributed by atoms with van der Waals surface area (Å²) in [6.07, 6.45) is 6.41. The van der Waals surface area contributed by atoms with E-state index in [1.54, 1.807) is 12.4 Å². The number of pyridine rings is 1. The van der Waals surface area contributed by atoms with Gasteiger partial charge in [-0.15, -0.1) is 0 Å². The van der Waals surface area contributed by atoms with Gasteiger partial charge in [0.1, 0.15) is 5.82 Å². The summed E-state index contributed by atoms with van der Waals surface area (Å²) >= 11 is 3.47. The molecular weight excluding hydrogens is 318 g/mol. The summed E-state index contributed by atoms with van der Waals surface area (Å²) in [6, 6.07) is 4.08. The summed E-state index contributed by atoms with van der Waals surface area (Å²) in [7, 11) is 0. The zero-order chi connectivity index (χ0) is 14.4. The first-order valence-corrected chi connectivity index (χ1v) is 7.43. The first-order valence-electron chi connectivity index (χ1n) is 6.63. The van der Waals surface area contributed by atoms with E-state index in [2.05, 4.69) is 55.4 Å². The summed E-state index contributed by atoms with van der Waals surface area (Å²) in [4.78, 5) is 12.8. The lowest BCUT2D eigenvalue weighted by Gasteiger charge is -2.16. The minimum atomic E-state index is 0.119. The summed E-state index contributed by atoms with van der Waals surface area (Å²) < 4.78 is 0.843. The maximum Gasteiger partial charge on any atom is 0.224 e. The van der Waals surface area contributed by atoms with E-state index in [1.165, 1.54) is 0 Å². The van der Waals surface area contributed by atoms with E-state index in [0.717, 1.165) is 28.8 Å². The van der Waals surface area contributed by atoms with Gasteiger partial charge in [0.15, 0.2) is 0 Å². The van der Waals surface area contributed by atoms with Crippen molar-refractivity contribution in [2.45, 2.75) is 26.3 Å². The zero-order valence-electron chi connectivity index (χ0n) is 11.6. The van der Waals surface area contributed by atoms with Crippen LogP contribution in [0.4, 0.5) is 11.8 Å². The lowest BCUT2D eigenvalue weighted by Crippen LogP contribution is -2.11. The highest BCUT2D eigenvalue weighted by Crippen LogP contribution is 2.24. The number of nitrogens with zero attached hydrogens (tertiary/aromatic N) is 3. The predicted octanol–water partition coefficient (Wildman–Crippen LogP) is 3.63. The Morgan fingerprint density at radius 1 is 1.35 bits per heavy atom. The van der Waals surface area contributed by atoms with Crippen LogP contribution >= 0.6 is 15.9 Å². The Balaban J connectivity index is 2.11. The molecule has 1 atom stereocenters. The van der Waals surface area contributed by atoms with Crippen LogP contribution in [0.5, 0.6) is 0 Å². The van der Waals surface area contributed by atoms with Crippen LogP contribution in [0.25, 0.3) is 0 Å². The van der Waals surface area contributed by atoms with Crippen molar-refractivity contribution >= 4 is 27.7 Å². The van der Waals surface area contributed by atoms with Gasteiger partial charge >= 0.3 is 0 Å². The highest BCUT2D eigenvalue weighted by Gasteiger charge is 2.10. The summed E-state index contributed by atoms with van der Waals surface area (Å²) in [5, 5.41) is 6.54. The van der Waals surface area contributed by atoms with E-state index in [4.69, 9.17) is 0 Å². The van der Waals surface area contributed by atoms with E-state index < -0.39 is 0 Å². The van der Waals surface area contributed by atoms with Crippen LogP contribution in [0.1, 0.15) is 31.9 Å². The average molecular weight is 336 g/mol. The van der Waals surface area contributed by atoms with Crippen LogP contribution in [0.3, 0.4) is 0 Å². The molecule has 2 aromatic rings. The molecule has 2 N–H and O–H groups in total. The number of hydrogen-bond acceptors (Lipinski definition) is 5. The van der Waals surface area contributed by atoms with E-state index >= 15 is 0 Å². The van der Waals surface area contributed by atoms with E-state index in [-0.39, 0.29) is 6.04 Å². The molecular formula is C14H18BrN5. The normalized spacial score (nSPS) is 11.9. The van der Waals surface area contributed by atoms with E-state index in [0.29, 0.717) is 5.95 Å². The molecule has 6 heteroatoms. The quantitative estimate of drug-likeness (QED) is 0.843.